The van der Waals surface area contributed by atoms with Gasteiger partial charge in [-0.2, -0.15) is 0 Å². The van der Waals surface area contributed by atoms with E-state index in [1.54, 1.807) is 30.3 Å². The van der Waals surface area contributed by atoms with Crippen molar-refractivity contribution in [3.8, 4) is 11.5 Å². The number of allylic oxidation sites excluding steroid dienone is 1. The van der Waals surface area contributed by atoms with E-state index >= 15 is 0 Å². The van der Waals surface area contributed by atoms with Gasteiger partial charge in [0.1, 0.15) is 23.9 Å². The standard InChI is InChI=1S/C23H16ClFO3/c1-14-4-2-3-5-15(14)10-22-23(26)19-9-8-18(12-21(19)28-22)27-13-16-6-7-17(25)11-20(16)24/h2-12H,13H2,1H3/b22-10+. The van der Waals surface area contributed by atoms with Crippen molar-refractivity contribution in [3.63, 3.8) is 0 Å². The number of ketones is 1. The molecule has 0 saturated carbocycles. The summed E-state index contributed by atoms with van der Waals surface area (Å²) < 4.78 is 24.6. The van der Waals surface area contributed by atoms with Gasteiger partial charge in [0.05, 0.1) is 10.6 Å². The molecule has 0 bridgehead atoms. The smallest absolute Gasteiger partial charge is 0.231 e. The minimum atomic E-state index is -0.397. The van der Waals surface area contributed by atoms with Crippen LogP contribution in [-0.4, -0.2) is 5.78 Å². The van der Waals surface area contributed by atoms with Gasteiger partial charge in [-0.15, -0.1) is 0 Å². The fourth-order valence-corrected chi connectivity index (χ4v) is 3.17. The average Bonchev–Trinajstić information content (AvgIpc) is 2.98. The first kappa shape index (κ1) is 18.3. The lowest BCUT2D eigenvalue weighted by Crippen LogP contribution is -1.98. The van der Waals surface area contributed by atoms with E-state index in [-0.39, 0.29) is 18.1 Å². The molecule has 4 rings (SSSR count). The summed E-state index contributed by atoms with van der Waals surface area (Å²) in [5.74, 6) is 0.706. The van der Waals surface area contributed by atoms with Crippen molar-refractivity contribution in [1.29, 1.82) is 0 Å². The van der Waals surface area contributed by atoms with E-state index in [0.29, 0.717) is 27.6 Å². The van der Waals surface area contributed by atoms with Gasteiger partial charge in [0.25, 0.3) is 0 Å². The van der Waals surface area contributed by atoms with Crippen LogP contribution in [0.5, 0.6) is 11.5 Å². The summed E-state index contributed by atoms with van der Waals surface area (Å²) in [6.07, 6.45) is 1.75. The molecule has 3 nitrogen and oxygen atoms in total. The van der Waals surface area contributed by atoms with Gasteiger partial charge in [0, 0.05) is 11.6 Å². The molecule has 140 valence electrons. The van der Waals surface area contributed by atoms with Gasteiger partial charge < -0.3 is 9.47 Å². The minimum Gasteiger partial charge on any atom is -0.489 e. The van der Waals surface area contributed by atoms with Gasteiger partial charge >= 0.3 is 0 Å². The zero-order valence-electron chi connectivity index (χ0n) is 15.0. The number of fused-ring (bicyclic) bond motifs is 1. The normalized spacial score (nSPS) is 14.1. The Balaban J connectivity index is 1.53. The minimum absolute atomic E-state index is 0.161. The van der Waals surface area contributed by atoms with Gasteiger partial charge in [-0.3, -0.25) is 4.79 Å². The Morgan fingerprint density at radius 2 is 1.93 bits per heavy atom. The first-order valence-electron chi connectivity index (χ1n) is 8.72. The fourth-order valence-electron chi connectivity index (χ4n) is 2.95. The average molecular weight is 395 g/mol. The van der Waals surface area contributed by atoms with Crippen LogP contribution < -0.4 is 9.47 Å². The summed E-state index contributed by atoms with van der Waals surface area (Å²) in [5, 5.41) is 0.302. The second-order valence-corrected chi connectivity index (χ2v) is 6.89. The molecule has 0 radical (unpaired) electrons. The number of hydrogen-bond donors (Lipinski definition) is 0. The highest BCUT2D eigenvalue weighted by Gasteiger charge is 2.27. The van der Waals surface area contributed by atoms with E-state index in [2.05, 4.69) is 0 Å². The van der Waals surface area contributed by atoms with Gasteiger partial charge in [-0.1, -0.05) is 41.9 Å². The summed E-state index contributed by atoms with van der Waals surface area (Å²) in [6.45, 7) is 2.16. The van der Waals surface area contributed by atoms with E-state index < -0.39 is 5.82 Å². The maximum Gasteiger partial charge on any atom is 0.231 e. The molecule has 0 saturated heterocycles. The number of halogens is 2. The number of aryl methyl sites for hydroxylation is 1. The number of carbonyl (C=O) groups excluding carboxylic acids is 1. The molecule has 28 heavy (non-hydrogen) atoms. The molecule has 0 aromatic heterocycles. The van der Waals surface area contributed by atoms with E-state index in [0.717, 1.165) is 11.1 Å². The van der Waals surface area contributed by atoms with Crippen molar-refractivity contribution < 1.29 is 18.7 Å². The predicted octanol–water partition coefficient (Wildman–Crippen LogP) is 5.98. The Labute approximate surface area is 167 Å². The second-order valence-electron chi connectivity index (χ2n) is 6.48. The first-order valence-corrected chi connectivity index (χ1v) is 9.10. The quantitative estimate of drug-likeness (QED) is 0.510. The monoisotopic (exact) mass is 394 g/mol. The Kier molecular flexibility index (Phi) is 4.88. The molecule has 1 aliphatic rings. The van der Waals surface area contributed by atoms with Crippen molar-refractivity contribution in [2.45, 2.75) is 13.5 Å². The number of hydrogen-bond acceptors (Lipinski definition) is 3. The molecule has 0 spiro atoms. The Morgan fingerprint density at radius 3 is 2.71 bits per heavy atom. The summed E-state index contributed by atoms with van der Waals surface area (Å²) >= 11 is 6.02. The molecular formula is C23H16ClFO3. The number of ether oxygens (including phenoxy) is 2. The predicted molar refractivity (Wildman–Crippen MR) is 106 cm³/mol. The fraction of sp³-hybridized carbons (Fsp3) is 0.0870. The van der Waals surface area contributed by atoms with E-state index in [4.69, 9.17) is 21.1 Å². The van der Waals surface area contributed by atoms with E-state index in [1.807, 2.05) is 31.2 Å². The third-order valence-electron chi connectivity index (χ3n) is 4.53. The van der Waals surface area contributed by atoms with Crippen LogP contribution in [0.1, 0.15) is 27.0 Å². The van der Waals surface area contributed by atoms with Crippen LogP contribution in [0.3, 0.4) is 0 Å². The van der Waals surface area contributed by atoms with Crippen LogP contribution in [0.2, 0.25) is 5.02 Å². The summed E-state index contributed by atoms with van der Waals surface area (Å²) in [7, 11) is 0. The molecule has 0 N–H and O–H groups in total. The van der Waals surface area contributed by atoms with Crippen molar-refractivity contribution in [2.24, 2.45) is 0 Å². The van der Waals surface area contributed by atoms with Crippen LogP contribution >= 0.6 is 11.6 Å². The Bertz CT molecular complexity index is 1100. The molecule has 0 fully saturated rings. The molecule has 0 aliphatic carbocycles. The van der Waals surface area contributed by atoms with Crippen LogP contribution in [0.15, 0.2) is 66.4 Å². The third-order valence-corrected chi connectivity index (χ3v) is 4.88. The largest absolute Gasteiger partial charge is 0.489 e. The molecule has 1 aliphatic heterocycles. The zero-order valence-corrected chi connectivity index (χ0v) is 15.8. The SMILES string of the molecule is Cc1ccccc1/C=C1/Oc2cc(OCc3ccc(F)cc3Cl)ccc2C1=O. The van der Waals surface area contributed by atoms with Crippen molar-refractivity contribution in [2.75, 3.05) is 0 Å². The molecule has 3 aromatic carbocycles. The van der Waals surface area contributed by atoms with E-state index in [1.165, 1.54) is 12.1 Å². The second kappa shape index (κ2) is 7.49. The lowest BCUT2D eigenvalue weighted by molar-refractivity contribution is 0.101. The molecule has 3 aromatic rings. The van der Waals surface area contributed by atoms with Crippen LogP contribution in [-0.2, 0) is 6.61 Å². The highest BCUT2D eigenvalue weighted by atomic mass is 35.5. The summed E-state index contributed by atoms with van der Waals surface area (Å²) in [6, 6.07) is 17.0. The lowest BCUT2D eigenvalue weighted by Gasteiger charge is -2.08. The Hall–Kier alpha value is -3.11. The molecule has 0 atom stereocenters. The van der Waals surface area contributed by atoms with Crippen LogP contribution in [0.4, 0.5) is 4.39 Å². The molecular weight excluding hydrogens is 379 g/mol. The number of rotatable bonds is 4. The van der Waals surface area contributed by atoms with Crippen LogP contribution in [0.25, 0.3) is 6.08 Å². The van der Waals surface area contributed by atoms with Crippen molar-refractivity contribution in [3.05, 3.63) is 99.5 Å². The lowest BCUT2D eigenvalue weighted by atomic mass is 10.1. The van der Waals surface area contributed by atoms with Gasteiger partial charge in [-0.05, 0) is 48.4 Å². The van der Waals surface area contributed by atoms with Crippen molar-refractivity contribution >= 4 is 23.5 Å². The first-order chi connectivity index (χ1) is 13.5. The molecule has 0 amide bonds. The summed E-state index contributed by atoms with van der Waals surface area (Å²) in [4.78, 5) is 12.6. The molecule has 0 unspecified atom stereocenters. The van der Waals surface area contributed by atoms with Gasteiger partial charge in [0.2, 0.25) is 5.78 Å². The number of Topliss-reactive ketones (excluding diaryl/α,β-unsaturated/α-hetero) is 1. The zero-order chi connectivity index (χ0) is 19.7. The summed E-state index contributed by atoms with van der Waals surface area (Å²) in [5.41, 5.74) is 3.15. The van der Waals surface area contributed by atoms with Crippen molar-refractivity contribution in [1.82, 2.24) is 0 Å². The topological polar surface area (TPSA) is 35.5 Å². The highest BCUT2D eigenvalue weighted by Crippen LogP contribution is 2.35. The van der Waals surface area contributed by atoms with Gasteiger partial charge in [-0.25, -0.2) is 4.39 Å². The van der Waals surface area contributed by atoms with Crippen LogP contribution in [0, 0.1) is 12.7 Å². The maximum atomic E-state index is 13.1. The molecule has 1 heterocycles. The Morgan fingerprint density at radius 1 is 1.11 bits per heavy atom. The highest BCUT2D eigenvalue weighted by molar-refractivity contribution is 6.31. The third kappa shape index (κ3) is 3.64. The van der Waals surface area contributed by atoms with Gasteiger partial charge in [0.15, 0.2) is 5.76 Å². The molecule has 5 heteroatoms. The van der Waals surface area contributed by atoms with E-state index in [9.17, 15) is 9.18 Å². The number of carbonyl (C=O) groups is 1. The number of benzene rings is 3. The maximum absolute atomic E-state index is 13.1.